The van der Waals surface area contributed by atoms with Crippen molar-refractivity contribution in [3.05, 3.63) is 29.6 Å². The van der Waals surface area contributed by atoms with Crippen molar-refractivity contribution in [1.29, 1.82) is 0 Å². The van der Waals surface area contributed by atoms with E-state index in [4.69, 9.17) is 4.74 Å². The summed E-state index contributed by atoms with van der Waals surface area (Å²) in [6.07, 6.45) is 1.33. The van der Waals surface area contributed by atoms with Gasteiger partial charge in [-0.15, -0.1) is 0 Å². The van der Waals surface area contributed by atoms with Crippen molar-refractivity contribution >= 4 is 11.7 Å². The number of halogens is 1. The van der Waals surface area contributed by atoms with E-state index >= 15 is 0 Å². The predicted molar refractivity (Wildman–Crippen MR) is 76.8 cm³/mol. The molecule has 114 valence electrons. The third-order valence-corrected chi connectivity index (χ3v) is 4.79. The number of benzene rings is 1. The van der Waals surface area contributed by atoms with Gasteiger partial charge < -0.3 is 14.8 Å². The van der Waals surface area contributed by atoms with Crippen molar-refractivity contribution in [3.63, 3.8) is 0 Å². The number of rotatable bonds is 3. The molecule has 1 aliphatic heterocycles. The van der Waals surface area contributed by atoms with Crippen LogP contribution in [0.1, 0.15) is 30.6 Å². The maximum atomic E-state index is 13.7. The highest BCUT2D eigenvalue weighted by Crippen LogP contribution is 2.53. The first-order chi connectivity index (χ1) is 9.95. The molecule has 0 bridgehead atoms. The van der Waals surface area contributed by atoms with Crippen LogP contribution >= 0.6 is 0 Å². The molecule has 2 fully saturated rings. The quantitative estimate of drug-likeness (QED) is 0.871. The van der Waals surface area contributed by atoms with E-state index in [9.17, 15) is 9.18 Å². The lowest BCUT2D eigenvalue weighted by atomic mass is 9.57. The number of anilines is 1. The Morgan fingerprint density at radius 2 is 2.24 bits per heavy atom. The Bertz CT molecular complexity index is 573. The molecule has 3 unspecified atom stereocenters. The predicted octanol–water partition coefficient (Wildman–Crippen LogP) is 2.84. The first kappa shape index (κ1) is 14.3. The molecular formula is C16H20FNO3. The number of hydrogen-bond acceptors (Lipinski definition) is 4. The van der Waals surface area contributed by atoms with Gasteiger partial charge in [-0.2, -0.15) is 0 Å². The molecule has 1 aliphatic carbocycles. The molecule has 21 heavy (non-hydrogen) atoms. The standard InChI is InChI=1S/C16H20FNO3/c1-16(2)13(10-6-7-21-14(10)16)18-9-4-5-12(17)11(8-9)15(19)20-3/h4-5,8,10,13-14,18H,6-7H2,1-3H3. The highest BCUT2D eigenvalue weighted by Gasteiger charge is 2.59. The lowest BCUT2D eigenvalue weighted by Crippen LogP contribution is -2.63. The minimum atomic E-state index is -0.661. The van der Waals surface area contributed by atoms with E-state index in [0.29, 0.717) is 5.92 Å². The summed E-state index contributed by atoms with van der Waals surface area (Å²) in [4.78, 5) is 11.6. The lowest BCUT2D eigenvalue weighted by molar-refractivity contribution is -0.0923. The molecule has 2 aliphatic rings. The van der Waals surface area contributed by atoms with Crippen LogP contribution in [-0.4, -0.2) is 31.8 Å². The number of carbonyl (C=O) groups excluding carboxylic acids is 1. The van der Waals surface area contributed by atoms with Crippen LogP contribution in [0, 0.1) is 17.2 Å². The van der Waals surface area contributed by atoms with E-state index in [1.807, 2.05) is 0 Å². The molecule has 0 radical (unpaired) electrons. The molecule has 1 N–H and O–H groups in total. The molecule has 1 saturated carbocycles. The Morgan fingerprint density at radius 3 is 2.95 bits per heavy atom. The third kappa shape index (κ3) is 2.20. The first-order valence-corrected chi connectivity index (χ1v) is 7.21. The van der Waals surface area contributed by atoms with Gasteiger partial charge in [0.05, 0.1) is 18.8 Å². The highest BCUT2D eigenvalue weighted by atomic mass is 19.1. The molecule has 1 heterocycles. The van der Waals surface area contributed by atoms with Crippen molar-refractivity contribution in [2.45, 2.75) is 32.4 Å². The summed E-state index contributed by atoms with van der Waals surface area (Å²) >= 11 is 0. The first-order valence-electron chi connectivity index (χ1n) is 7.21. The third-order valence-electron chi connectivity index (χ3n) is 4.79. The van der Waals surface area contributed by atoms with Crippen LogP contribution in [0.15, 0.2) is 18.2 Å². The summed E-state index contributed by atoms with van der Waals surface area (Å²) in [6.45, 7) is 5.14. The maximum absolute atomic E-state index is 13.7. The van der Waals surface area contributed by atoms with Gasteiger partial charge in [0.25, 0.3) is 0 Å². The van der Waals surface area contributed by atoms with Gasteiger partial charge in [-0.05, 0) is 24.6 Å². The number of hydrogen-bond donors (Lipinski definition) is 1. The molecule has 5 heteroatoms. The summed E-state index contributed by atoms with van der Waals surface area (Å²) in [7, 11) is 1.25. The number of nitrogens with one attached hydrogen (secondary N) is 1. The fourth-order valence-electron chi connectivity index (χ4n) is 3.68. The zero-order valence-electron chi connectivity index (χ0n) is 12.5. The van der Waals surface area contributed by atoms with Gasteiger partial charge in [-0.3, -0.25) is 0 Å². The summed E-state index contributed by atoms with van der Waals surface area (Å²) in [5.74, 6) is -0.750. The van der Waals surface area contributed by atoms with E-state index < -0.39 is 11.8 Å². The molecule has 0 amide bonds. The van der Waals surface area contributed by atoms with E-state index in [-0.39, 0.29) is 23.1 Å². The zero-order valence-corrected chi connectivity index (χ0v) is 12.5. The molecule has 3 rings (SSSR count). The SMILES string of the molecule is COC(=O)c1cc(NC2C3CCOC3C2(C)C)ccc1F. The van der Waals surface area contributed by atoms with E-state index in [1.165, 1.54) is 19.2 Å². The van der Waals surface area contributed by atoms with Crippen molar-refractivity contribution in [3.8, 4) is 0 Å². The molecule has 1 aromatic rings. The molecule has 3 atom stereocenters. The number of carbonyl (C=O) groups is 1. The summed E-state index contributed by atoms with van der Waals surface area (Å²) in [5.41, 5.74) is 0.722. The fraction of sp³-hybridized carbons (Fsp3) is 0.562. The summed E-state index contributed by atoms with van der Waals surface area (Å²) in [5, 5.41) is 3.43. The molecule has 0 spiro atoms. The Morgan fingerprint density at radius 1 is 1.48 bits per heavy atom. The van der Waals surface area contributed by atoms with Gasteiger partial charge in [0.1, 0.15) is 5.82 Å². The zero-order chi connectivity index (χ0) is 15.2. The molecule has 0 aromatic heterocycles. The normalized spacial score (nSPS) is 29.4. The Kier molecular flexibility index (Phi) is 3.40. The van der Waals surface area contributed by atoms with Crippen molar-refractivity contribution in [2.75, 3.05) is 19.0 Å². The number of methoxy groups -OCH3 is 1. The van der Waals surface area contributed by atoms with Gasteiger partial charge in [0.15, 0.2) is 0 Å². The molecular weight excluding hydrogens is 273 g/mol. The maximum Gasteiger partial charge on any atom is 0.340 e. The van der Waals surface area contributed by atoms with Crippen LogP contribution in [-0.2, 0) is 9.47 Å². The average molecular weight is 293 g/mol. The van der Waals surface area contributed by atoms with Gasteiger partial charge >= 0.3 is 5.97 Å². The summed E-state index contributed by atoms with van der Waals surface area (Å²) in [6, 6.07) is 4.73. The Balaban J connectivity index is 1.81. The summed E-state index contributed by atoms with van der Waals surface area (Å²) < 4.78 is 24.0. The van der Waals surface area contributed by atoms with Crippen molar-refractivity contribution < 1.29 is 18.7 Å². The van der Waals surface area contributed by atoms with E-state index in [0.717, 1.165) is 18.7 Å². The topological polar surface area (TPSA) is 47.6 Å². The van der Waals surface area contributed by atoms with Gasteiger partial charge in [0, 0.05) is 29.7 Å². The highest BCUT2D eigenvalue weighted by molar-refractivity contribution is 5.90. The van der Waals surface area contributed by atoms with Crippen LogP contribution in [0.4, 0.5) is 10.1 Å². The van der Waals surface area contributed by atoms with Gasteiger partial charge in [-0.1, -0.05) is 13.8 Å². The fourth-order valence-corrected chi connectivity index (χ4v) is 3.68. The minimum Gasteiger partial charge on any atom is -0.465 e. The number of ether oxygens (including phenoxy) is 2. The second-order valence-electron chi connectivity index (χ2n) is 6.37. The van der Waals surface area contributed by atoms with E-state index in [1.54, 1.807) is 6.07 Å². The van der Waals surface area contributed by atoms with Crippen LogP contribution in [0.2, 0.25) is 0 Å². The second kappa shape index (κ2) is 4.98. The Hall–Kier alpha value is -1.62. The second-order valence-corrected chi connectivity index (χ2v) is 6.37. The molecule has 4 nitrogen and oxygen atoms in total. The average Bonchev–Trinajstić information content (AvgIpc) is 2.92. The van der Waals surface area contributed by atoms with Crippen LogP contribution in [0.3, 0.4) is 0 Å². The van der Waals surface area contributed by atoms with Gasteiger partial charge in [0.2, 0.25) is 0 Å². The largest absolute Gasteiger partial charge is 0.465 e. The van der Waals surface area contributed by atoms with Crippen LogP contribution in [0.25, 0.3) is 0 Å². The van der Waals surface area contributed by atoms with Gasteiger partial charge in [-0.25, -0.2) is 9.18 Å². The molecule has 1 aromatic carbocycles. The smallest absolute Gasteiger partial charge is 0.340 e. The van der Waals surface area contributed by atoms with Crippen LogP contribution in [0.5, 0.6) is 0 Å². The van der Waals surface area contributed by atoms with Crippen LogP contribution < -0.4 is 5.32 Å². The molecule has 1 saturated heterocycles. The van der Waals surface area contributed by atoms with Crippen molar-refractivity contribution in [1.82, 2.24) is 0 Å². The van der Waals surface area contributed by atoms with Crippen molar-refractivity contribution in [2.24, 2.45) is 11.3 Å². The lowest BCUT2D eigenvalue weighted by Gasteiger charge is -2.55. The number of esters is 1. The Labute approximate surface area is 123 Å². The number of fused-ring (bicyclic) bond motifs is 1. The minimum absolute atomic E-state index is 0.0288. The van der Waals surface area contributed by atoms with E-state index in [2.05, 4.69) is 23.9 Å². The monoisotopic (exact) mass is 293 g/mol.